The number of esters is 2. The number of methoxy groups -OCH3 is 2. The number of benzene rings is 2. The van der Waals surface area contributed by atoms with E-state index in [1.807, 2.05) is 18.2 Å². The molecule has 8 nitrogen and oxygen atoms in total. The number of hydrogen-bond acceptors (Lipinski definition) is 9. The van der Waals surface area contributed by atoms with Crippen molar-refractivity contribution < 1.29 is 28.5 Å². The molecule has 36 heavy (non-hydrogen) atoms. The Bertz CT molecular complexity index is 1040. The van der Waals surface area contributed by atoms with Gasteiger partial charge in [-0.05, 0) is 49.7 Å². The van der Waals surface area contributed by atoms with Gasteiger partial charge in [-0.25, -0.2) is 0 Å². The fourth-order valence-electron chi connectivity index (χ4n) is 4.80. The van der Waals surface area contributed by atoms with Crippen LogP contribution in [0.1, 0.15) is 19.8 Å². The molecule has 1 fully saturated rings. The molecular formula is C27H34N2O6S. The van der Waals surface area contributed by atoms with Crippen LogP contribution in [0.2, 0.25) is 0 Å². The summed E-state index contributed by atoms with van der Waals surface area (Å²) in [5.41, 5.74) is 1.25. The number of rotatable bonds is 8. The van der Waals surface area contributed by atoms with Gasteiger partial charge < -0.3 is 23.8 Å². The summed E-state index contributed by atoms with van der Waals surface area (Å²) in [6.45, 7) is 6.06. The van der Waals surface area contributed by atoms with E-state index in [9.17, 15) is 9.59 Å². The second kappa shape index (κ2) is 11.9. The van der Waals surface area contributed by atoms with Crippen molar-refractivity contribution in [2.45, 2.75) is 35.5 Å². The van der Waals surface area contributed by atoms with Crippen LogP contribution in [0.25, 0.3) is 0 Å². The molecule has 0 unspecified atom stereocenters. The molecule has 2 heterocycles. The zero-order valence-corrected chi connectivity index (χ0v) is 21.9. The topological polar surface area (TPSA) is 77.5 Å². The highest BCUT2D eigenvalue weighted by atomic mass is 32.2. The highest BCUT2D eigenvalue weighted by molar-refractivity contribution is 8.01. The van der Waals surface area contributed by atoms with E-state index in [-0.39, 0.29) is 6.61 Å². The van der Waals surface area contributed by atoms with Gasteiger partial charge in [0.2, 0.25) is 0 Å². The third-order valence-corrected chi connectivity index (χ3v) is 8.25. The minimum atomic E-state index is -1.14. The Morgan fingerprint density at radius 1 is 1.08 bits per heavy atom. The number of ether oxygens (including phenoxy) is 4. The first kappa shape index (κ1) is 26.2. The Hall–Kier alpha value is -2.91. The standard InChI is InChI=1S/C27H34N2O6S/c1-20(30)35-25-19-34-23-11-10-22(32-2)18-24(23)36-27(25,26(31)33-3)12-7-13-28-14-16-29(17-15-28)21-8-5-4-6-9-21/h4-6,8-11,18,25H,7,12-17,19H2,1-3H3/t25-,27+/m0/s1. The van der Waals surface area contributed by atoms with Crippen LogP contribution in [0, 0.1) is 0 Å². The lowest BCUT2D eigenvalue weighted by molar-refractivity contribution is -0.158. The van der Waals surface area contributed by atoms with Gasteiger partial charge in [0, 0.05) is 38.8 Å². The van der Waals surface area contributed by atoms with Gasteiger partial charge in [0.1, 0.15) is 18.1 Å². The Labute approximate surface area is 216 Å². The monoisotopic (exact) mass is 514 g/mol. The normalized spacial score (nSPS) is 22.1. The van der Waals surface area contributed by atoms with E-state index in [1.165, 1.54) is 31.5 Å². The number of piperazine rings is 1. The van der Waals surface area contributed by atoms with Crippen molar-refractivity contribution in [3.05, 3.63) is 48.5 Å². The second-order valence-electron chi connectivity index (χ2n) is 8.97. The Balaban J connectivity index is 1.48. The number of carbonyl (C=O) groups excluding carboxylic acids is 2. The molecule has 2 aromatic rings. The van der Waals surface area contributed by atoms with E-state index in [0.29, 0.717) is 17.9 Å². The molecule has 1 saturated heterocycles. The zero-order valence-electron chi connectivity index (χ0n) is 21.1. The van der Waals surface area contributed by atoms with Crippen LogP contribution in [0.5, 0.6) is 11.5 Å². The molecule has 4 rings (SSSR count). The molecule has 0 saturated carbocycles. The number of anilines is 1. The maximum absolute atomic E-state index is 13.3. The van der Waals surface area contributed by atoms with Crippen molar-refractivity contribution in [2.24, 2.45) is 0 Å². The predicted octanol–water partition coefficient (Wildman–Crippen LogP) is 3.63. The van der Waals surface area contributed by atoms with E-state index in [4.69, 9.17) is 18.9 Å². The summed E-state index contributed by atoms with van der Waals surface area (Å²) in [6, 6.07) is 15.9. The van der Waals surface area contributed by atoms with Gasteiger partial charge in [-0.2, -0.15) is 0 Å². The molecule has 0 radical (unpaired) electrons. The molecule has 0 amide bonds. The van der Waals surface area contributed by atoms with Crippen LogP contribution in [-0.4, -0.2) is 81.2 Å². The van der Waals surface area contributed by atoms with Crippen molar-refractivity contribution >= 4 is 29.4 Å². The molecule has 2 aliphatic heterocycles. The Morgan fingerprint density at radius 3 is 2.50 bits per heavy atom. The largest absolute Gasteiger partial charge is 0.497 e. The van der Waals surface area contributed by atoms with E-state index >= 15 is 0 Å². The van der Waals surface area contributed by atoms with Crippen molar-refractivity contribution in [1.82, 2.24) is 4.90 Å². The average Bonchev–Trinajstić information content (AvgIpc) is 3.05. The molecule has 2 aromatic carbocycles. The summed E-state index contributed by atoms with van der Waals surface area (Å²) in [7, 11) is 2.97. The molecule has 0 bridgehead atoms. The van der Waals surface area contributed by atoms with Gasteiger partial charge in [0.05, 0.1) is 19.1 Å². The smallest absolute Gasteiger partial charge is 0.326 e. The molecule has 0 spiro atoms. The molecule has 0 aliphatic carbocycles. The fourth-order valence-corrected chi connectivity index (χ4v) is 6.26. The van der Waals surface area contributed by atoms with Gasteiger partial charge in [0.25, 0.3) is 0 Å². The first-order valence-corrected chi connectivity index (χ1v) is 13.0. The van der Waals surface area contributed by atoms with Crippen LogP contribution >= 0.6 is 11.8 Å². The van der Waals surface area contributed by atoms with Crippen molar-refractivity contribution in [1.29, 1.82) is 0 Å². The van der Waals surface area contributed by atoms with Crippen LogP contribution in [0.15, 0.2) is 53.4 Å². The average molecular weight is 515 g/mol. The lowest BCUT2D eigenvalue weighted by atomic mass is 9.95. The van der Waals surface area contributed by atoms with Crippen LogP contribution in [0.4, 0.5) is 5.69 Å². The number of para-hydroxylation sites is 1. The summed E-state index contributed by atoms with van der Waals surface area (Å²) in [5, 5.41) is 0. The van der Waals surface area contributed by atoms with Crippen LogP contribution in [-0.2, 0) is 19.1 Å². The number of fused-ring (bicyclic) bond motifs is 1. The minimum absolute atomic E-state index is 0.0662. The predicted molar refractivity (Wildman–Crippen MR) is 139 cm³/mol. The first-order valence-electron chi connectivity index (χ1n) is 12.2. The molecular weight excluding hydrogens is 480 g/mol. The second-order valence-corrected chi connectivity index (χ2v) is 10.3. The van der Waals surface area contributed by atoms with Crippen molar-refractivity contribution in [3.8, 4) is 11.5 Å². The molecule has 0 aromatic heterocycles. The van der Waals surface area contributed by atoms with E-state index < -0.39 is 22.8 Å². The van der Waals surface area contributed by atoms with Gasteiger partial charge in [0.15, 0.2) is 10.9 Å². The van der Waals surface area contributed by atoms with Crippen molar-refractivity contribution in [2.75, 3.05) is 58.5 Å². The molecule has 194 valence electrons. The Kier molecular flexibility index (Phi) is 8.64. The van der Waals surface area contributed by atoms with E-state index in [1.54, 1.807) is 13.2 Å². The van der Waals surface area contributed by atoms with Gasteiger partial charge in [-0.3, -0.25) is 14.5 Å². The molecule has 9 heteroatoms. The summed E-state index contributed by atoms with van der Waals surface area (Å²) >= 11 is 1.34. The van der Waals surface area contributed by atoms with Gasteiger partial charge >= 0.3 is 11.9 Å². The molecule has 2 atom stereocenters. The Morgan fingerprint density at radius 2 is 1.83 bits per heavy atom. The summed E-state index contributed by atoms with van der Waals surface area (Å²) in [4.78, 5) is 30.9. The van der Waals surface area contributed by atoms with Crippen molar-refractivity contribution in [3.63, 3.8) is 0 Å². The number of carbonyl (C=O) groups is 2. The van der Waals surface area contributed by atoms with E-state index in [0.717, 1.165) is 44.0 Å². The minimum Gasteiger partial charge on any atom is -0.497 e. The third kappa shape index (κ3) is 5.90. The fraction of sp³-hybridized carbons (Fsp3) is 0.481. The van der Waals surface area contributed by atoms with Crippen LogP contribution in [0.3, 0.4) is 0 Å². The number of hydrogen-bond donors (Lipinski definition) is 0. The highest BCUT2D eigenvalue weighted by Gasteiger charge is 2.52. The third-order valence-electron chi connectivity index (χ3n) is 6.71. The lowest BCUT2D eigenvalue weighted by Gasteiger charge is -2.38. The quantitative estimate of drug-likeness (QED) is 0.491. The highest BCUT2D eigenvalue weighted by Crippen LogP contribution is 2.48. The maximum Gasteiger partial charge on any atom is 0.326 e. The zero-order chi connectivity index (χ0) is 25.5. The number of thioether (sulfide) groups is 1. The van der Waals surface area contributed by atoms with Crippen LogP contribution < -0.4 is 14.4 Å². The van der Waals surface area contributed by atoms with Gasteiger partial charge in [-0.15, -0.1) is 0 Å². The lowest BCUT2D eigenvalue weighted by Crippen LogP contribution is -2.52. The first-order chi connectivity index (χ1) is 17.4. The molecule has 0 N–H and O–H groups in total. The summed E-state index contributed by atoms with van der Waals surface area (Å²) in [6.07, 6.45) is 0.423. The van der Waals surface area contributed by atoms with Gasteiger partial charge in [-0.1, -0.05) is 30.0 Å². The number of nitrogens with zero attached hydrogens (tertiary/aromatic N) is 2. The molecule has 2 aliphatic rings. The SMILES string of the molecule is COC(=O)[C@]1(CCCN2CCN(c3ccccc3)CC2)Sc2cc(OC)ccc2OC[C@@H]1OC(C)=O. The maximum atomic E-state index is 13.3. The summed E-state index contributed by atoms with van der Waals surface area (Å²) in [5.74, 6) is 0.400. The summed E-state index contributed by atoms with van der Waals surface area (Å²) < 4.78 is 21.2. The van der Waals surface area contributed by atoms with E-state index in [2.05, 4.69) is 34.1 Å².